The van der Waals surface area contributed by atoms with Crippen molar-refractivity contribution in [1.82, 2.24) is 29.5 Å². The van der Waals surface area contributed by atoms with Crippen molar-refractivity contribution >= 4 is 11.6 Å². The molecular formula is C19H12FN7O. The molecule has 1 aromatic carbocycles. The minimum absolute atomic E-state index is 0.103. The molecule has 136 valence electrons. The van der Waals surface area contributed by atoms with Crippen molar-refractivity contribution < 1.29 is 9.13 Å². The fourth-order valence-electron chi connectivity index (χ4n) is 3.55. The molecule has 0 saturated heterocycles. The van der Waals surface area contributed by atoms with Gasteiger partial charge in [-0.05, 0) is 18.2 Å². The summed E-state index contributed by atoms with van der Waals surface area (Å²) in [6.07, 6.45) is 10.1. The van der Waals surface area contributed by atoms with Crippen LogP contribution in [-0.4, -0.2) is 29.5 Å². The lowest BCUT2D eigenvalue weighted by Crippen LogP contribution is -2.10. The van der Waals surface area contributed by atoms with Gasteiger partial charge >= 0.3 is 0 Å². The molecule has 1 aliphatic heterocycles. The van der Waals surface area contributed by atoms with Gasteiger partial charge in [0.15, 0.2) is 5.65 Å². The van der Waals surface area contributed by atoms with Gasteiger partial charge < -0.3 is 10.1 Å². The Morgan fingerprint density at radius 3 is 2.96 bits per heavy atom. The highest BCUT2D eigenvalue weighted by molar-refractivity contribution is 5.76. The van der Waals surface area contributed by atoms with E-state index in [-0.39, 0.29) is 18.3 Å². The molecule has 0 fully saturated rings. The van der Waals surface area contributed by atoms with Crippen LogP contribution in [0.3, 0.4) is 0 Å². The molecule has 1 aliphatic carbocycles. The number of halogens is 1. The molecule has 2 aliphatic rings. The molecule has 0 saturated carbocycles. The standard InChI is InChI=1S/C19H12FN7O/c20-14-1-2-15-17(11-3-16(11)28-15)13(14)7-24-19-23-6-12(10-4-21-8-22-5-10)18-26-25-9-27(18)19/h1-6,8-9,11H,7H2,(H,23,24)/t11-/m0/s1. The predicted octanol–water partition coefficient (Wildman–Crippen LogP) is 2.71. The zero-order chi connectivity index (χ0) is 18.7. The van der Waals surface area contributed by atoms with Gasteiger partial charge in [0.2, 0.25) is 5.95 Å². The Hall–Kier alpha value is -3.88. The summed E-state index contributed by atoms with van der Waals surface area (Å²) in [5.74, 6) is 1.97. The van der Waals surface area contributed by atoms with Crippen LogP contribution in [0, 0.1) is 5.82 Å². The number of aromatic nitrogens is 6. The van der Waals surface area contributed by atoms with E-state index < -0.39 is 0 Å². The number of benzene rings is 1. The molecule has 9 heteroatoms. The molecular weight excluding hydrogens is 361 g/mol. The zero-order valence-corrected chi connectivity index (χ0v) is 14.4. The summed E-state index contributed by atoms with van der Waals surface area (Å²) in [5, 5.41) is 11.4. The lowest BCUT2D eigenvalue weighted by Gasteiger charge is -2.13. The fraction of sp³-hybridized carbons (Fsp3) is 0.105. The third-order valence-electron chi connectivity index (χ3n) is 4.95. The summed E-state index contributed by atoms with van der Waals surface area (Å²) in [4.78, 5) is 12.5. The van der Waals surface area contributed by atoms with Crippen molar-refractivity contribution in [2.45, 2.75) is 12.5 Å². The second-order valence-electron chi connectivity index (χ2n) is 6.59. The molecule has 3 aromatic heterocycles. The summed E-state index contributed by atoms with van der Waals surface area (Å²) < 4.78 is 21.9. The Labute approximate surface area is 157 Å². The smallest absolute Gasteiger partial charge is 0.210 e. The first-order chi connectivity index (χ1) is 13.8. The third-order valence-corrected chi connectivity index (χ3v) is 4.95. The molecule has 4 aromatic rings. The summed E-state index contributed by atoms with van der Waals surface area (Å²) >= 11 is 0. The maximum atomic E-state index is 14.5. The van der Waals surface area contributed by atoms with E-state index in [1.807, 2.05) is 6.08 Å². The average molecular weight is 373 g/mol. The molecule has 6 rings (SSSR count). The molecule has 1 atom stereocenters. The Kier molecular flexibility index (Phi) is 3.02. The van der Waals surface area contributed by atoms with Crippen LogP contribution in [0.2, 0.25) is 0 Å². The number of rotatable bonds is 4. The monoisotopic (exact) mass is 373 g/mol. The molecule has 0 unspecified atom stereocenters. The maximum Gasteiger partial charge on any atom is 0.210 e. The fourth-order valence-corrected chi connectivity index (χ4v) is 3.55. The SMILES string of the molecule is Fc1ccc2c(c1CNc1ncc(-c3cncnc3)c3nncn13)[C@H]1C=C1O2. The van der Waals surface area contributed by atoms with Crippen LogP contribution in [0.25, 0.3) is 16.8 Å². The first kappa shape index (κ1) is 15.2. The van der Waals surface area contributed by atoms with Crippen LogP contribution in [0.4, 0.5) is 10.3 Å². The van der Waals surface area contributed by atoms with Gasteiger partial charge in [-0.25, -0.2) is 19.3 Å². The number of hydrogen-bond donors (Lipinski definition) is 1. The number of ether oxygens (including phenoxy) is 1. The van der Waals surface area contributed by atoms with Crippen molar-refractivity contribution in [3.05, 3.63) is 72.2 Å². The van der Waals surface area contributed by atoms with Crippen molar-refractivity contribution in [1.29, 1.82) is 0 Å². The first-order valence-corrected chi connectivity index (χ1v) is 8.68. The van der Waals surface area contributed by atoms with Crippen LogP contribution in [-0.2, 0) is 6.54 Å². The van der Waals surface area contributed by atoms with Crippen LogP contribution in [0.5, 0.6) is 5.75 Å². The van der Waals surface area contributed by atoms with E-state index in [1.165, 1.54) is 12.4 Å². The largest absolute Gasteiger partial charge is 0.461 e. The summed E-state index contributed by atoms with van der Waals surface area (Å²) in [6.45, 7) is 0.268. The summed E-state index contributed by atoms with van der Waals surface area (Å²) in [5.41, 5.74) is 3.63. The normalized spacial score (nSPS) is 16.3. The van der Waals surface area contributed by atoms with Crippen LogP contribution >= 0.6 is 0 Å². The van der Waals surface area contributed by atoms with E-state index >= 15 is 0 Å². The van der Waals surface area contributed by atoms with Gasteiger partial charge in [0.25, 0.3) is 0 Å². The molecule has 1 N–H and O–H groups in total. The minimum Gasteiger partial charge on any atom is -0.461 e. The summed E-state index contributed by atoms with van der Waals surface area (Å²) in [7, 11) is 0. The molecule has 0 spiro atoms. The second-order valence-corrected chi connectivity index (χ2v) is 6.59. The molecule has 28 heavy (non-hydrogen) atoms. The number of anilines is 1. The second kappa shape index (κ2) is 5.56. The highest BCUT2D eigenvalue weighted by atomic mass is 19.1. The Morgan fingerprint density at radius 2 is 2.07 bits per heavy atom. The highest BCUT2D eigenvalue weighted by Gasteiger charge is 2.41. The molecule has 4 heterocycles. The van der Waals surface area contributed by atoms with Crippen molar-refractivity contribution in [2.24, 2.45) is 0 Å². The first-order valence-electron chi connectivity index (χ1n) is 8.68. The van der Waals surface area contributed by atoms with E-state index in [0.717, 1.165) is 28.2 Å². The minimum atomic E-state index is -0.269. The predicted molar refractivity (Wildman–Crippen MR) is 97.0 cm³/mol. The van der Waals surface area contributed by atoms with Gasteiger partial charge in [-0.1, -0.05) is 0 Å². The van der Waals surface area contributed by atoms with Crippen molar-refractivity contribution in [2.75, 3.05) is 5.32 Å². The average Bonchev–Trinajstić information content (AvgIpc) is 3.14. The third kappa shape index (κ3) is 2.19. The van der Waals surface area contributed by atoms with Crippen molar-refractivity contribution in [3.63, 3.8) is 0 Å². The lowest BCUT2D eigenvalue weighted by molar-refractivity contribution is 0.466. The Morgan fingerprint density at radius 1 is 1.18 bits per heavy atom. The quantitative estimate of drug-likeness (QED) is 0.588. The van der Waals surface area contributed by atoms with Gasteiger partial charge in [0.05, 0.1) is 5.92 Å². The van der Waals surface area contributed by atoms with Gasteiger partial charge in [-0.3, -0.25) is 4.40 Å². The van der Waals surface area contributed by atoms with E-state index in [4.69, 9.17) is 4.74 Å². The van der Waals surface area contributed by atoms with Gasteiger partial charge in [0.1, 0.15) is 30.0 Å². The van der Waals surface area contributed by atoms with Gasteiger partial charge in [-0.2, -0.15) is 0 Å². The van der Waals surface area contributed by atoms with E-state index in [0.29, 0.717) is 17.2 Å². The van der Waals surface area contributed by atoms with E-state index in [1.54, 1.807) is 35.4 Å². The number of hydrogen-bond acceptors (Lipinski definition) is 7. The van der Waals surface area contributed by atoms with Gasteiger partial charge in [-0.15, -0.1) is 10.2 Å². The molecule has 8 nitrogen and oxygen atoms in total. The Balaban J connectivity index is 1.36. The van der Waals surface area contributed by atoms with Crippen molar-refractivity contribution in [3.8, 4) is 16.9 Å². The number of allylic oxidation sites excluding steroid dienone is 2. The number of nitrogens with one attached hydrogen (secondary N) is 1. The molecule has 0 bridgehead atoms. The van der Waals surface area contributed by atoms with E-state index in [9.17, 15) is 4.39 Å². The van der Waals surface area contributed by atoms with Crippen LogP contribution in [0.15, 0.2) is 55.2 Å². The van der Waals surface area contributed by atoms with Crippen LogP contribution < -0.4 is 10.1 Å². The highest BCUT2D eigenvalue weighted by Crippen LogP contribution is 2.52. The molecule has 0 radical (unpaired) electrons. The number of nitrogens with zero attached hydrogens (tertiary/aromatic N) is 6. The molecule has 0 amide bonds. The zero-order valence-electron chi connectivity index (χ0n) is 14.4. The topological polar surface area (TPSA) is 90.1 Å². The van der Waals surface area contributed by atoms with E-state index in [2.05, 4.69) is 30.5 Å². The lowest BCUT2D eigenvalue weighted by atomic mass is 10.0. The van der Waals surface area contributed by atoms with Gasteiger partial charge in [0, 0.05) is 47.4 Å². The summed E-state index contributed by atoms with van der Waals surface area (Å²) in [6, 6.07) is 3.11. The van der Waals surface area contributed by atoms with Crippen LogP contribution in [0.1, 0.15) is 17.0 Å². The number of fused-ring (bicyclic) bond motifs is 4. The Bertz CT molecular complexity index is 1270. The maximum absolute atomic E-state index is 14.5.